The molecular formula is C19H23F3IN3O2. The van der Waals surface area contributed by atoms with Crippen molar-refractivity contribution < 1.29 is 22.6 Å². The van der Waals surface area contributed by atoms with Crippen LogP contribution in [0, 0.1) is 12.7 Å². The minimum absolute atomic E-state index is 0. The molecule has 0 radical (unpaired) electrons. The van der Waals surface area contributed by atoms with Crippen LogP contribution in [0.2, 0.25) is 0 Å². The van der Waals surface area contributed by atoms with Crippen molar-refractivity contribution in [1.29, 1.82) is 0 Å². The number of methoxy groups -OCH3 is 1. The number of rotatable bonds is 7. The number of aryl methyl sites for hydroxylation is 1. The summed E-state index contributed by atoms with van der Waals surface area (Å²) in [6.07, 6.45) is 0. The fourth-order valence-corrected chi connectivity index (χ4v) is 2.36. The largest absolute Gasteiger partial charge is 0.493 e. The summed E-state index contributed by atoms with van der Waals surface area (Å²) in [5, 5.41) is 6.13. The number of hydrogen-bond acceptors (Lipinski definition) is 3. The lowest BCUT2D eigenvalue weighted by Crippen LogP contribution is -2.36. The van der Waals surface area contributed by atoms with Gasteiger partial charge in [-0.1, -0.05) is 18.2 Å². The summed E-state index contributed by atoms with van der Waals surface area (Å²) in [6.45, 7) is -0.523. The van der Waals surface area contributed by atoms with Crippen LogP contribution < -0.4 is 20.1 Å². The molecule has 0 unspecified atom stereocenters. The van der Waals surface area contributed by atoms with Crippen LogP contribution in [0.15, 0.2) is 41.4 Å². The summed E-state index contributed by atoms with van der Waals surface area (Å²) in [7, 11) is 2.98. The molecule has 0 bridgehead atoms. The molecule has 0 aliphatic heterocycles. The molecule has 0 heterocycles. The maximum atomic E-state index is 13.6. The van der Waals surface area contributed by atoms with E-state index in [2.05, 4.69) is 20.4 Å². The third-order valence-corrected chi connectivity index (χ3v) is 3.82. The van der Waals surface area contributed by atoms with E-state index in [-0.39, 0.29) is 41.3 Å². The van der Waals surface area contributed by atoms with Crippen molar-refractivity contribution in [3.8, 4) is 11.5 Å². The fraction of sp³-hybridized carbons (Fsp3) is 0.316. The number of ether oxygens (including phenoxy) is 2. The predicted octanol–water partition coefficient (Wildman–Crippen LogP) is 4.23. The van der Waals surface area contributed by atoms with Crippen molar-refractivity contribution in [3.63, 3.8) is 0 Å². The van der Waals surface area contributed by atoms with Gasteiger partial charge >= 0.3 is 6.61 Å². The smallest absolute Gasteiger partial charge is 0.387 e. The van der Waals surface area contributed by atoms with E-state index in [1.807, 2.05) is 6.07 Å². The second kappa shape index (κ2) is 11.6. The molecule has 0 aliphatic carbocycles. The van der Waals surface area contributed by atoms with Crippen LogP contribution in [-0.2, 0) is 13.1 Å². The average molecular weight is 509 g/mol. The van der Waals surface area contributed by atoms with Gasteiger partial charge < -0.3 is 20.1 Å². The third-order valence-electron chi connectivity index (χ3n) is 3.82. The highest BCUT2D eigenvalue weighted by molar-refractivity contribution is 14.0. The van der Waals surface area contributed by atoms with Gasteiger partial charge in [0, 0.05) is 20.1 Å². The predicted molar refractivity (Wildman–Crippen MR) is 113 cm³/mol. The molecule has 9 heteroatoms. The lowest BCUT2D eigenvalue weighted by molar-refractivity contribution is -0.0512. The first kappa shape index (κ1) is 23.9. The number of aliphatic imine (C=N–C) groups is 1. The van der Waals surface area contributed by atoms with Gasteiger partial charge in [-0.25, -0.2) is 4.39 Å². The van der Waals surface area contributed by atoms with Crippen LogP contribution in [0.5, 0.6) is 11.5 Å². The van der Waals surface area contributed by atoms with Gasteiger partial charge in [-0.3, -0.25) is 4.99 Å². The van der Waals surface area contributed by atoms with Crippen LogP contribution >= 0.6 is 24.0 Å². The molecule has 2 aromatic rings. The van der Waals surface area contributed by atoms with Crippen molar-refractivity contribution in [2.75, 3.05) is 14.2 Å². The molecule has 0 aromatic heterocycles. The average Bonchev–Trinajstić information content (AvgIpc) is 2.64. The van der Waals surface area contributed by atoms with E-state index >= 15 is 0 Å². The zero-order valence-electron chi connectivity index (χ0n) is 15.8. The first-order valence-corrected chi connectivity index (χ1v) is 8.24. The number of guanidine groups is 1. The molecule has 5 nitrogen and oxygen atoms in total. The molecule has 2 aromatic carbocycles. The second-order valence-electron chi connectivity index (χ2n) is 5.73. The number of benzene rings is 2. The van der Waals surface area contributed by atoms with Crippen molar-refractivity contribution in [3.05, 3.63) is 58.9 Å². The highest BCUT2D eigenvalue weighted by Crippen LogP contribution is 2.29. The lowest BCUT2D eigenvalue weighted by atomic mass is 10.1. The van der Waals surface area contributed by atoms with E-state index in [1.54, 1.807) is 32.2 Å². The zero-order chi connectivity index (χ0) is 19.8. The Balaban J connectivity index is 0.00000392. The van der Waals surface area contributed by atoms with Gasteiger partial charge in [0.15, 0.2) is 17.5 Å². The standard InChI is InChI=1S/C19H22F3N3O2.HI/c1-12-4-5-13(8-15(12)20)10-24-19(23-2)25-11-14-6-7-16(26-3)17(9-14)27-18(21)22;/h4-9,18H,10-11H2,1-3H3,(H2,23,24,25);1H. The summed E-state index contributed by atoms with van der Waals surface area (Å²) < 4.78 is 48.1. The molecule has 2 N–H and O–H groups in total. The molecule has 0 atom stereocenters. The third kappa shape index (κ3) is 7.10. The van der Waals surface area contributed by atoms with Crippen LogP contribution in [0.4, 0.5) is 13.2 Å². The zero-order valence-corrected chi connectivity index (χ0v) is 18.1. The van der Waals surface area contributed by atoms with E-state index in [9.17, 15) is 13.2 Å². The minimum atomic E-state index is -2.94. The highest BCUT2D eigenvalue weighted by atomic mass is 127. The van der Waals surface area contributed by atoms with Gasteiger partial charge in [0.05, 0.1) is 7.11 Å². The van der Waals surface area contributed by atoms with E-state index in [4.69, 9.17) is 4.74 Å². The molecule has 2 rings (SSSR count). The monoisotopic (exact) mass is 509 g/mol. The summed E-state index contributed by atoms with van der Waals surface area (Å²) in [5.41, 5.74) is 2.07. The van der Waals surface area contributed by atoms with Gasteiger partial charge in [-0.15, -0.1) is 24.0 Å². The Morgan fingerprint density at radius 1 is 1.04 bits per heavy atom. The first-order valence-electron chi connectivity index (χ1n) is 8.24. The quantitative estimate of drug-likeness (QED) is 0.334. The molecule has 0 fully saturated rings. The number of alkyl halides is 2. The molecule has 0 saturated heterocycles. The Kier molecular flexibility index (Phi) is 9.91. The number of hydrogen-bond donors (Lipinski definition) is 2. The molecule has 0 saturated carbocycles. The number of halogens is 4. The molecule has 0 spiro atoms. The van der Waals surface area contributed by atoms with E-state index in [0.29, 0.717) is 30.2 Å². The van der Waals surface area contributed by atoms with Gasteiger partial charge in [0.1, 0.15) is 5.82 Å². The van der Waals surface area contributed by atoms with Crippen molar-refractivity contribution >= 4 is 29.9 Å². The Bertz CT molecular complexity index is 804. The number of nitrogens with zero attached hydrogens (tertiary/aromatic N) is 1. The van der Waals surface area contributed by atoms with Crippen LogP contribution in [0.3, 0.4) is 0 Å². The van der Waals surface area contributed by atoms with Crippen molar-refractivity contribution in [2.45, 2.75) is 26.6 Å². The normalized spacial score (nSPS) is 11.0. The van der Waals surface area contributed by atoms with Gasteiger partial charge in [-0.2, -0.15) is 8.78 Å². The topological polar surface area (TPSA) is 54.9 Å². The SMILES string of the molecule is CN=C(NCc1ccc(C)c(F)c1)NCc1ccc(OC)c(OC(F)F)c1.I. The summed E-state index contributed by atoms with van der Waals surface area (Å²) in [6, 6.07) is 9.76. The van der Waals surface area contributed by atoms with Gasteiger partial charge in [0.2, 0.25) is 0 Å². The molecule has 28 heavy (non-hydrogen) atoms. The second-order valence-corrected chi connectivity index (χ2v) is 5.73. The molecule has 0 amide bonds. The summed E-state index contributed by atoms with van der Waals surface area (Å²) in [5.74, 6) is 0.415. The minimum Gasteiger partial charge on any atom is -0.493 e. The van der Waals surface area contributed by atoms with E-state index in [0.717, 1.165) is 5.56 Å². The van der Waals surface area contributed by atoms with Crippen LogP contribution in [0.1, 0.15) is 16.7 Å². The molecular weight excluding hydrogens is 486 g/mol. The van der Waals surface area contributed by atoms with Crippen molar-refractivity contribution in [1.82, 2.24) is 10.6 Å². The maximum Gasteiger partial charge on any atom is 0.387 e. The highest BCUT2D eigenvalue weighted by Gasteiger charge is 2.11. The number of nitrogens with one attached hydrogen (secondary N) is 2. The summed E-state index contributed by atoms with van der Waals surface area (Å²) in [4.78, 5) is 4.09. The van der Waals surface area contributed by atoms with Gasteiger partial charge in [-0.05, 0) is 41.8 Å². The van der Waals surface area contributed by atoms with Gasteiger partial charge in [0.25, 0.3) is 0 Å². The Morgan fingerprint density at radius 3 is 2.18 bits per heavy atom. The molecule has 154 valence electrons. The maximum absolute atomic E-state index is 13.6. The lowest BCUT2D eigenvalue weighted by Gasteiger charge is -2.14. The van der Waals surface area contributed by atoms with E-state index in [1.165, 1.54) is 19.2 Å². The van der Waals surface area contributed by atoms with Crippen LogP contribution in [0.25, 0.3) is 0 Å². The fourth-order valence-electron chi connectivity index (χ4n) is 2.36. The Morgan fingerprint density at radius 2 is 1.64 bits per heavy atom. The Labute approximate surface area is 179 Å². The van der Waals surface area contributed by atoms with Crippen molar-refractivity contribution in [2.24, 2.45) is 4.99 Å². The Hall–Kier alpha value is -2.17. The summed E-state index contributed by atoms with van der Waals surface area (Å²) >= 11 is 0. The van der Waals surface area contributed by atoms with Crippen LogP contribution in [-0.4, -0.2) is 26.7 Å². The van der Waals surface area contributed by atoms with E-state index < -0.39 is 6.61 Å². The first-order chi connectivity index (χ1) is 12.9. The molecule has 0 aliphatic rings.